The number of hydrogen-bond acceptors (Lipinski definition) is 1. The lowest BCUT2D eigenvalue weighted by Crippen LogP contribution is -1.98. The highest BCUT2D eigenvalue weighted by molar-refractivity contribution is 5.68. The van der Waals surface area contributed by atoms with Crippen molar-refractivity contribution in [3.8, 4) is 0 Å². The third-order valence-corrected chi connectivity index (χ3v) is 2.33. The SMILES string of the molecule is C1=CN=CC(c2ccccc2)CC1. The first-order chi connectivity index (χ1) is 6.47. The molecule has 1 heteroatoms. The summed E-state index contributed by atoms with van der Waals surface area (Å²) < 4.78 is 0. The van der Waals surface area contributed by atoms with Crippen LogP contribution < -0.4 is 0 Å². The van der Waals surface area contributed by atoms with E-state index < -0.39 is 0 Å². The molecule has 0 amide bonds. The Morgan fingerprint density at radius 2 is 2.00 bits per heavy atom. The predicted octanol–water partition coefficient (Wildman–Crippen LogP) is 3.15. The molecule has 0 saturated heterocycles. The predicted molar refractivity (Wildman–Crippen MR) is 56.0 cm³/mol. The second kappa shape index (κ2) is 4.04. The minimum Gasteiger partial charge on any atom is -0.269 e. The van der Waals surface area contributed by atoms with Crippen molar-refractivity contribution >= 4 is 6.21 Å². The lowest BCUT2D eigenvalue weighted by atomic mass is 9.96. The van der Waals surface area contributed by atoms with Crippen molar-refractivity contribution in [2.24, 2.45) is 4.99 Å². The van der Waals surface area contributed by atoms with Crippen molar-refractivity contribution in [1.82, 2.24) is 0 Å². The topological polar surface area (TPSA) is 12.4 Å². The van der Waals surface area contributed by atoms with Gasteiger partial charge >= 0.3 is 0 Å². The van der Waals surface area contributed by atoms with Crippen molar-refractivity contribution in [2.75, 3.05) is 0 Å². The third-order valence-electron chi connectivity index (χ3n) is 2.33. The molecule has 0 fully saturated rings. The molecule has 1 aromatic rings. The summed E-state index contributed by atoms with van der Waals surface area (Å²) in [4.78, 5) is 4.22. The molecule has 13 heavy (non-hydrogen) atoms. The summed E-state index contributed by atoms with van der Waals surface area (Å²) in [7, 11) is 0. The molecule has 66 valence electrons. The molecule has 0 bridgehead atoms. The summed E-state index contributed by atoms with van der Waals surface area (Å²) >= 11 is 0. The molecule has 1 atom stereocenters. The van der Waals surface area contributed by atoms with Gasteiger partial charge in [-0.25, -0.2) is 0 Å². The highest BCUT2D eigenvalue weighted by Gasteiger charge is 2.07. The Hall–Kier alpha value is -1.37. The fraction of sp³-hybridized carbons (Fsp3) is 0.250. The lowest BCUT2D eigenvalue weighted by molar-refractivity contribution is 0.800. The summed E-state index contributed by atoms with van der Waals surface area (Å²) in [5.41, 5.74) is 1.37. The van der Waals surface area contributed by atoms with Crippen LogP contribution in [0.5, 0.6) is 0 Å². The van der Waals surface area contributed by atoms with E-state index in [1.165, 1.54) is 12.0 Å². The van der Waals surface area contributed by atoms with Crippen molar-refractivity contribution in [1.29, 1.82) is 0 Å². The van der Waals surface area contributed by atoms with E-state index in [2.05, 4.69) is 41.4 Å². The molecular weight excluding hydrogens is 158 g/mol. The minimum atomic E-state index is 0.496. The monoisotopic (exact) mass is 171 g/mol. The largest absolute Gasteiger partial charge is 0.269 e. The summed E-state index contributed by atoms with van der Waals surface area (Å²) in [5.74, 6) is 0.496. The van der Waals surface area contributed by atoms with Crippen LogP contribution in [0, 0.1) is 0 Å². The van der Waals surface area contributed by atoms with Crippen LogP contribution in [0.2, 0.25) is 0 Å². The maximum atomic E-state index is 4.22. The number of allylic oxidation sites excluding steroid dienone is 1. The maximum Gasteiger partial charge on any atom is 0.0224 e. The standard InChI is InChI=1S/C12H13N/c1-2-6-11(7-3-1)12-8-4-5-9-13-10-12/h1-3,5-7,9-10,12H,4,8H2. The van der Waals surface area contributed by atoms with E-state index in [1.54, 1.807) is 0 Å². The number of benzene rings is 1. The Labute approximate surface area is 78.8 Å². The zero-order valence-corrected chi connectivity index (χ0v) is 7.56. The number of rotatable bonds is 1. The molecular formula is C12H13N. The van der Waals surface area contributed by atoms with Gasteiger partial charge in [0.25, 0.3) is 0 Å². The average Bonchev–Trinajstić information content (AvgIpc) is 2.47. The quantitative estimate of drug-likeness (QED) is 0.615. The first kappa shape index (κ1) is 8.24. The van der Waals surface area contributed by atoms with Crippen LogP contribution in [-0.2, 0) is 0 Å². The van der Waals surface area contributed by atoms with Crippen molar-refractivity contribution < 1.29 is 0 Å². The van der Waals surface area contributed by atoms with Gasteiger partial charge in [0.2, 0.25) is 0 Å². The van der Waals surface area contributed by atoms with Crippen LogP contribution in [0.3, 0.4) is 0 Å². The number of aliphatic imine (C=N–C) groups is 1. The van der Waals surface area contributed by atoms with Gasteiger partial charge in [0, 0.05) is 18.3 Å². The smallest absolute Gasteiger partial charge is 0.0224 e. The van der Waals surface area contributed by atoms with Crippen LogP contribution >= 0.6 is 0 Å². The van der Waals surface area contributed by atoms with Crippen molar-refractivity contribution in [3.63, 3.8) is 0 Å². The van der Waals surface area contributed by atoms with Gasteiger partial charge in [-0.3, -0.25) is 4.99 Å². The molecule has 1 aromatic carbocycles. The second-order valence-electron chi connectivity index (χ2n) is 3.28. The maximum absolute atomic E-state index is 4.22. The molecule has 0 saturated carbocycles. The Morgan fingerprint density at radius 3 is 2.85 bits per heavy atom. The normalized spacial score (nSPS) is 21.4. The van der Waals surface area contributed by atoms with Crippen LogP contribution in [0.15, 0.2) is 47.6 Å². The Morgan fingerprint density at radius 1 is 1.15 bits per heavy atom. The van der Waals surface area contributed by atoms with E-state index in [-0.39, 0.29) is 0 Å². The average molecular weight is 171 g/mol. The van der Waals surface area contributed by atoms with Gasteiger partial charge in [0.15, 0.2) is 0 Å². The van der Waals surface area contributed by atoms with E-state index in [0.29, 0.717) is 5.92 Å². The van der Waals surface area contributed by atoms with E-state index in [0.717, 1.165) is 6.42 Å². The second-order valence-corrected chi connectivity index (χ2v) is 3.28. The fourth-order valence-corrected chi connectivity index (χ4v) is 1.59. The first-order valence-corrected chi connectivity index (χ1v) is 4.70. The van der Waals surface area contributed by atoms with Crippen LogP contribution in [0.4, 0.5) is 0 Å². The lowest BCUT2D eigenvalue weighted by Gasteiger charge is -2.09. The highest BCUT2D eigenvalue weighted by Crippen LogP contribution is 2.20. The molecule has 0 radical (unpaired) electrons. The van der Waals surface area contributed by atoms with Crippen LogP contribution in [-0.4, -0.2) is 6.21 Å². The van der Waals surface area contributed by atoms with Crippen molar-refractivity contribution in [2.45, 2.75) is 18.8 Å². The summed E-state index contributed by atoms with van der Waals surface area (Å²) in [6.45, 7) is 0. The van der Waals surface area contributed by atoms with Gasteiger partial charge in [0.05, 0.1) is 0 Å². The number of nitrogens with zero attached hydrogens (tertiary/aromatic N) is 1. The molecule has 0 aromatic heterocycles. The Kier molecular flexibility index (Phi) is 2.56. The molecule has 0 N–H and O–H groups in total. The molecule has 2 rings (SSSR count). The molecule has 0 aliphatic carbocycles. The minimum absolute atomic E-state index is 0.496. The third kappa shape index (κ3) is 2.05. The van der Waals surface area contributed by atoms with Crippen LogP contribution in [0.25, 0.3) is 0 Å². The summed E-state index contributed by atoms with van der Waals surface area (Å²) in [6.07, 6.45) is 8.35. The van der Waals surface area contributed by atoms with Gasteiger partial charge in [0.1, 0.15) is 0 Å². The van der Waals surface area contributed by atoms with Crippen molar-refractivity contribution in [3.05, 3.63) is 48.2 Å². The molecule has 1 aliphatic heterocycles. The summed E-state index contributed by atoms with van der Waals surface area (Å²) in [6, 6.07) is 10.6. The molecule has 0 spiro atoms. The zero-order valence-electron chi connectivity index (χ0n) is 7.56. The van der Waals surface area contributed by atoms with Gasteiger partial charge in [-0.1, -0.05) is 36.4 Å². The highest BCUT2D eigenvalue weighted by atomic mass is 14.7. The molecule has 1 heterocycles. The van der Waals surface area contributed by atoms with Gasteiger partial charge in [-0.05, 0) is 18.4 Å². The fourth-order valence-electron chi connectivity index (χ4n) is 1.59. The van der Waals surface area contributed by atoms with Crippen LogP contribution in [0.1, 0.15) is 24.3 Å². The van der Waals surface area contributed by atoms with Gasteiger partial charge in [-0.15, -0.1) is 0 Å². The number of hydrogen-bond donors (Lipinski definition) is 0. The summed E-state index contributed by atoms with van der Waals surface area (Å²) in [5, 5.41) is 0. The first-order valence-electron chi connectivity index (χ1n) is 4.70. The zero-order chi connectivity index (χ0) is 8.93. The Bertz CT molecular complexity index is 311. The molecule has 1 aliphatic rings. The van der Waals surface area contributed by atoms with E-state index >= 15 is 0 Å². The Balaban J connectivity index is 2.18. The molecule has 1 nitrogen and oxygen atoms in total. The van der Waals surface area contributed by atoms with E-state index in [1.807, 2.05) is 12.4 Å². The van der Waals surface area contributed by atoms with E-state index in [9.17, 15) is 0 Å². The van der Waals surface area contributed by atoms with Gasteiger partial charge in [-0.2, -0.15) is 0 Å². The van der Waals surface area contributed by atoms with Gasteiger partial charge < -0.3 is 0 Å². The van der Waals surface area contributed by atoms with E-state index in [4.69, 9.17) is 0 Å². The molecule has 1 unspecified atom stereocenters.